The fourth-order valence-corrected chi connectivity index (χ4v) is 3.60. The van der Waals surface area contributed by atoms with Crippen molar-refractivity contribution in [3.63, 3.8) is 0 Å². The van der Waals surface area contributed by atoms with Gasteiger partial charge < -0.3 is 21.7 Å². The Morgan fingerprint density at radius 3 is 1.47 bits per heavy atom. The molecule has 4 amide bonds. The van der Waals surface area contributed by atoms with Crippen LogP contribution in [0.2, 0.25) is 0 Å². The number of hydrogen-bond acceptors (Lipinski definition) is 5. The molecule has 0 unspecified atom stereocenters. The van der Waals surface area contributed by atoms with E-state index < -0.39 is 6.17 Å². The first-order valence-electron chi connectivity index (χ1n) is 11.1. The number of halogens is 1. The molecule has 0 aliphatic heterocycles. The van der Waals surface area contributed by atoms with Crippen LogP contribution in [0.3, 0.4) is 0 Å². The number of benzene rings is 3. The van der Waals surface area contributed by atoms with Gasteiger partial charge in [0.2, 0.25) is 0 Å². The Labute approximate surface area is 222 Å². The molecule has 0 saturated heterocycles. The van der Waals surface area contributed by atoms with Crippen molar-refractivity contribution in [2.45, 2.75) is 26.2 Å². The van der Waals surface area contributed by atoms with E-state index in [9.17, 15) is 19.2 Å². The van der Waals surface area contributed by atoms with Crippen molar-refractivity contribution < 1.29 is 19.2 Å². The number of nitrogens with two attached hydrogens (primary N) is 1. The SMILES string of the molecule is C[C@H](N)NC(=O)c1cccc(C(=O)NCc2ccc(CNC(=O)c3cccc(C(=O)NI)c3)cc2)c1. The number of carbonyl (C=O) groups excluding carboxylic acids is 4. The van der Waals surface area contributed by atoms with Gasteiger partial charge in [-0.25, -0.2) is 0 Å². The fraction of sp³-hybridized carbons (Fsp3) is 0.154. The van der Waals surface area contributed by atoms with Gasteiger partial charge in [0.1, 0.15) is 0 Å². The third-order valence-electron chi connectivity index (χ3n) is 5.15. The average Bonchev–Trinajstić information content (AvgIpc) is 2.90. The zero-order valence-corrected chi connectivity index (χ0v) is 21.7. The maximum Gasteiger partial charge on any atom is 0.259 e. The third-order valence-corrected chi connectivity index (χ3v) is 5.64. The Balaban J connectivity index is 1.52. The van der Waals surface area contributed by atoms with Crippen molar-refractivity contribution >= 4 is 46.5 Å². The molecule has 10 heteroatoms. The molecule has 0 fully saturated rings. The van der Waals surface area contributed by atoms with E-state index >= 15 is 0 Å². The molecule has 1 atom stereocenters. The largest absolute Gasteiger partial charge is 0.348 e. The topological polar surface area (TPSA) is 142 Å². The highest BCUT2D eigenvalue weighted by atomic mass is 127. The number of rotatable bonds is 9. The Morgan fingerprint density at radius 2 is 1.08 bits per heavy atom. The quantitative estimate of drug-likeness (QED) is 0.146. The van der Waals surface area contributed by atoms with Gasteiger partial charge in [0.05, 0.1) is 29.0 Å². The lowest BCUT2D eigenvalue weighted by Gasteiger charge is -2.10. The van der Waals surface area contributed by atoms with E-state index in [-0.39, 0.29) is 23.6 Å². The maximum absolute atomic E-state index is 12.5. The highest BCUT2D eigenvalue weighted by Gasteiger charge is 2.12. The number of nitrogens with one attached hydrogen (secondary N) is 4. The van der Waals surface area contributed by atoms with E-state index in [0.29, 0.717) is 35.3 Å². The average molecular weight is 599 g/mol. The molecule has 0 aliphatic rings. The zero-order valence-electron chi connectivity index (χ0n) is 19.5. The molecule has 0 heterocycles. The molecular formula is C26H26IN5O4. The highest BCUT2D eigenvalue weighted by Crippen LogP contribution is 2.09. The second-order valence-electron chi connectivity index (χ2n) is 8.03. The van der Waals surface area contributed by atoms with Crippen LogP contribution in [0.1, 0.15) is 59.5 Å². The minimum atomic E-state index is -0.494. The van der Waals surface area contributed by atoms with Crippen LogP contribution in [-0.4, -0.2) is 29.8 Å². The van der Waals surface area contributed by atoms with Crippen LogP contribution in [0, 0.1) is 0 Å². The van der Waals surface area contributed by atoms with Crippen LogP contribution >= 0.6 is 22.9 Å². The van der Waals surface area contributed by atoms with Crippen molar-refractivity contribution in [1.82, 2.24) is 19.5 Å². The van der Waals surface area contributed by atoms with Crippen LogP contribution in [0.5, 0.6) is 0 Å². The summed E-state index contributed by atoms with van der Waals surface area (Å²) in [6.45, 7) is 2.26. The zero-order chi connectivity index (χ0) is 26.1. The van der Waals surface area contributed by atoms with Crippen LogP contribution in [0.25, 0.3) is 0 Å². The van der Waals surface area contributed by atoms with Crippen LogP contribution in [0.15, 0.2) is 72.8 Å². The van der Waals surface area contributed by atoms with E-state index in [1.54, 1.807) is 66.2 Å². The molecule has 3 rings (SSSR count). The predicted molar refractivity (Wildman–Crippen MR) is 144 cm³/mol. The summed E-state index contributed by atoms with van der Waals surface area (Å²) in [5.41, 5.74) is 8.87. The lowest BCUT2D eigenvalue weighted by molar-refractivity contribution is 0.0934. The summed E-state index contributed by atoms with van der Waals surface area (Å²) < 4.78 is 2.50. The molecule has 3 aromatic rings. The van der Waals surface area contributed by atoms with Crippen molar-refractivity contribution in [3.05, 3.63) is 106 Å². The van der Waals surface area contributed by atoms with Crippen molar-refractivity contribution in [1.29, 1.82) is 0 Å². The summed E-state index contributed by atoms with van der Waals surface area (Å²) in [4.78, 5) is 48.9. The molecule has 6 N–H and O–H groups in total. The number of hydrogen-bond donors (Lipinski definition) is 5. The summed E-state index contributed by atoms with van der Waals surface area (Å²) in [6, 6.07) is 20.3. The molecule has 36 heavy (non-hydrogen) atoms. The Bertz CT molecular complexity index is 1260. The van der Waals surface area contributed by atoms with Crippen LogP contribution in [-0.2, 0) is 13.1 Å². The van der Waals surface area contributed by atoms with E-state index in [1.165, 1.54) is 12.1 Å². The summed E-state index contributed by atoms with van der Waals surface area (Å²) in [6.07, 6.45) is -0.494. The molecule has 0 spiro atoms. The minimum Gasteiger partial charge on any atom is -0.348 e. The summed E-state index contributed by atoms with van der Waals surface area (Å²) in [5.74, 6) is -1.21. The van der Waals surface area contributed by atoms with Gasteiger partial charge in [0.25, 0.3) is 23.6 Å². The van der Waals surface area contributed by atoms with Crippen molar-refractivity contribution in [2.75, 3.05) is 0 Å². The molecule has 0 radical (unpaired) electrons. The minimum absolute atomic E-state index is 0.271. The van der Waals surface area contributed by atoms with E-state index in [0.717, 1.165) is 11.1 Å². The van der Waals surface area contributed by atoms with Gasteiger partial charge in [-0.2, -0.15) is 0 Å². The monoisotopic (exact) mass is 599 g/mol. The fourth-order valence-electron chi connectivity index (χ4n) is 3.29. The van der Waals surface area contributed by atoms with Gasteiger partial charge in [-0.3, -0.25) is 22.7 Å². The van der Waals surface area contributed by atoms with Gasteiger partial charge in [0, 0.05) is 35.3 Å². The van der Waals surface area contributed by atoms with E-state index in [2.05, 4.69) is 19.5 Å². The Hall–Kier alpha value is -3.77. The predicted octanol–water partition coefficient (Wildman–Crippen LogP) is 2.66. The third kappa shape index (κ3) is 7.62. The first-order valence-corrected chi connectivity index (χ1v) is 12.2. The number of carbonyl (C=O) groups is 4. The second kappa shape index (κ2) is 12.8. The molecular weight excluding hydrogens is 573 g/mol. The van der Waals surface area contributed by atoms with Gasteiger partial charge in [-0.05, 0) is 54.4 Å². The smallest absolute Gasteiger partial charge is 0.259 e. The maximum atomic E-state index is 12.5. The summed E-state index contributed by atoms with van der Waals surface area (Å²) >= 11 is 1.75. The van der Waals surface area contributed by atoms with Crippen molar-refractivity contribution in [2.24, 2.45) is 5.73 Å². The second-order valence-corrected chi connectivity index (χ2v) is 8.57. The van der Waals surface area contributed by atoms with E-state index in [1.807, 2.05) is 24.3 Å². The van der Waals surface area contributed by atoms with Crippen LogP contribution in [0.4, 0.5) is 0 Å². The first kappa shape index (κ1) is 26.8. The van der Waals surface area contributed by atoms with E-state index in [4.69, 9.17) is 5.73 Å². The van der Waals surface area contributed by atoms with Gasteiger partial charge in [-0.1, -0.05) is 36.4 Å². The Morgan fingerprint density at radius 1 is 0.694 bits per heavy atom. The highest BCUT2D eigenvalue weighted by molar-refractivity contribution is 14.1. The molecule has 0 saturated carbocycles. The molecule has 0 aliphatic carbocycles. The summed E-state index contributed by atoms with van der Waals surface area (Å²) in [7, 11) is 0. The van der Waals surface area contributed by atoms with Crippen molar-refractivity contribution in [3.8, 4) is 0 Å². The molecule has 9 nitrogen and oxygen atoms in total. The first-order chi connectivity index (χ1) is 17.3. The normalized spacial score (nSPS) is 11.2. The lowest BCUT2D eigenvalue weighted by atomic mass is 10.1. The lowest BCUT2D eigenvalue weighted by Crippen LogP contribution is -2.38. The summed E-state index contributed by atoms with van der Waals surface area (Å²) in [5, 5.41) is 8.26. The molecule has 0 bridgehead atoms. The molecule has 186 valence electrons. The van der Waals surface area contributed by atoms with Gasteiger partial charge in [-0.15, -0.1) is 0 Å². The standard InChI is InChI=1S/C26H26IN5O4/c1-16(28)31-25(35)21-6-2-4-19(12-21)23(33)29-14-17-8-10-18(11-9-17)15-30-24(34)20-5-3-7-22(13-20)26(36)32-27/h2-13,16H,14-15,28H2,1H3,(H,29,33)(H,30,34)(H,31,35)(H,32,36)/t16-/m1/s1. The van der Waals surface area contributed by atoms with Gasteiger partial charge in [0.15, 0.2) is 0 Å². The van der Waals surface area contributed by atoms with Gasteiger partial charge >= 0.3 is 0 Å². The molecule has 3 aromatic carbocycles. The van der Waals surface area contributed by atoms with Crippen LogP contribution < -0.4 is 25.2 Å². The number of amides is 4. The Kier molecular flexibility index (Phi) is 9.53. The molecule has 0 aromatic heterocycles.